The van der Waals surface area contributed by atoms with E-state index in [0.29, 0.717) is 23.8 Å². The van der Waals surface area contributed by atoms with Gasteiger partial charge < -0.3 is 10.6 Å². The van der Waals surface area contributed by atoms with E-state index in [1.807, 2.05) is 60.7 Å². The predicted molar refractivity (Wildman–Crippen MR) is 108 cm³/mol. The van der Waals surface area contributed by atoms with Crippen LogP contribution in [0.4, 0.5) is 17.6 Å². The molecule has 5 rings (SSSR count). The van der Waals surface area contributed by atoms with E-state index in [1.165, 1.54) is 25.7 Å². The maximum Gasteiger partial charge on any atom is 0.232 e. The standard InChI is InChI=1S/C22H23N5/c1-3-7-16(8-4-1)20-25-21(23-18-9-5-2-6-10-18)27-22(26-20)24-19-14-15-11-12-17(19)13-15/h1-10,15,17,19H,11-14H2,(H2,23,24,25,26,27)/t15-,17+,19-/m1/s1. The number of anilines is 3. The zero-order valence-electron chi connectivity index (χ0n) is 15.2. The van der Waals surface area contributed by atoms with Gasteiger partial charge in [0.2, 0.25) is 11.9 Å². The van der Waals surface area contributed by atoms with Crippen LogP contribution in [0.1, 0.15) is 25.7 Å². The minimum Gasteiger partial charge on any atom is -0.351 e. The van der Waals surface area contributed by atoms with Gasteiger partial charge in [0.1, 0.15) is 0 Å². The highest BCUT2D eigenvalue weighted by molar-refractivity contribution is 5.61. The van der Waals surface area contributed by atoms with E-state index in [2.05, 4.69) is 20.6 Å². The summed E-state index contributed by atoms with van der Waals surface area (Å²) in [5, 5.41) is 6.92. The molecule has 2 aliphatic carbocycles. The predicted octanol–water partition coefficient (Wildman–Crippen LogP) is 4.88. The fourth-order valence-corrected chi connectivity index (χ4v) is 4.45. The third-order valence-electron chi connectivity index (χ3n) is 5.75. The molecular formula is C22H23N5. The summed E-state index contributed by atoms with van der Waals surface area (Å²) < 4.78 is 0. The van der Waals surface area contributed by atoms with Crippen LogP contribution in [0.2, 0.25) is 0 Å². The number of hydrogen-bond acceptors (Lipinski definition) is 5. The molecule has 2 aliphatic rings. The number of hydrogen-bond donors (Lipinski definition) is 2. The van der Waals surface area contributed by atoms with Crippen molar-refractivity contribution in [3.8, 4) is 11.4 Å². The number of benzene rings is 2. The molecule has 5 nitrogen and oxygen atoms in total. The second kappa shape index (κ2) is 6.99. The van der Waals surface area contributed by atoms with Crippen molar-refractivity contribution in [2.24, 2.45) is 11.8 Å². The Morgan fingerprint density at radius 1 is 0.741 bits per heavy atom. The third-order valence-corrected chi connectivity index (χ3v) is 5.75. The number of rotatable bonds is 5. The van der Waals surface area contributed by atoms with Gasteiger partial charge in [0.25, 0.3) is 0 Å². The molecule has 2 saturated carbocycles. The van der Waals surface area contributed by atoms with Gasteiger partial charge in [0.15, 0.2) is 5.82 Å². The van der Waals surface area contributed by atoms with Crippen molar-refractivity contribution >= 4 is 17.6 Å². The van der Waals surface area contributed by atoms with Crippen LogP contribution in [-0.2, 0) is 0 Å². The van der Waals surface area contributed by atoms with Gasteiger partial charge in [-0.25, -0.2) is 0 Å². The average molecular weight is 357 g/mol. The van der Waals surface area contributed by atoms with Crippen LogP contribution in [0.5, 0.6) is 0 Å². The van der Waals surface area contributed by atoms with E-state index >= 15 is 0 Å². The van der Waals surface area contributed by atoms with Crippen LogP contribution in [0.15, 0.2) is 60.7 Å². The largest absolute Gasteiger partial charge is 0.351 e. The molecule has 0 amide bonds. The van der Waals surface area contributed by atoms with E-state index in [4.69, 9.17) is 4.98 Å². The highest BCUT2D eigenvalue weighted by atomic mass is 15.2. The van der Waals surface area contributed by atoms with E-state index < -0.39 is 0 Å². The first-order chi connectivity index (χ1) is 13.3. The molecule has 3 atom stereocenters. The lowest BCUT2D eigenvalue weighted by molar-refractivity contribution is 0.438. The van der Waals surface area contributed by atoms with Crippen LogP contribution >= 0.6 is 0 Å². The molecule has 0 spiro atoms. The highest BCUT2D eigenvalue weighted by Gasteiger charge is 2.39. The Morgan fingerprint density at radius 2 is 1.48 bits per heavy atom. The molecule has 2 N–H and O–H groups in total. The van der Waals surface area contributed by atoms with Gasteiger partial charge >= 0.3 is 0 Å². The molecule has 2 aromatic carbocycles. The van der Waals surface area contributed by atoms with Gasteiger partial charge in [0, 0.05) is 17.3 Å². The van der Waals surface area contributed by atoms with Crippen LogP contribution in [0, 0.1) is 11.8 Å². The van der Waals surface area contributed by atoms with Gasteiger partial charge in [0.05, 0.1) is 0 Å². The normalized spacial score (nSPS) is 23.3. The molecule has 5 heteroatoms. The molecule has 0 radical (unpaired) electrons. The number of aromatic nitrogens is 3. The molecule has 1 aromatic heterocycles. The lowest BCUT2D eigenvalue weighted by atomic mass is 9.95. The smallest absolute Gasteiger partial charge is 0.232 e. The molecule has 2 fully saturated rings. The van der Waals surface area contributed by atoms with Crippen LogP contribution in [0.25, 0.3) is 11.4 Å². The molecule has 1 heterocycles. The molecule has 0 aliphatic heterocycles. The summed E-state index contributed by atoms with van der Waals surface area (Å²) in [6, 6.07) is 20.6. The van der Waals surface area contributed by atoms with Crippen LogP contribution < -0.4 is 10.6 Å². The Kier molecular flexibility index (Phi) is 4.20. The summed E-state index contributed by atoms with van der Waals surface area (Å²) in [6.07, 6.45) is 5.30. The Morgan fingerprint density at radius 3 is 2.19 bits per heavy atom. The summed E-state index contributed by atoms with van der Waals surface area (Å²) in [5.74, 6) is 3.57. The monoisotopic (exact) mass is 357 g/mol. The summed E-state index contributed by atoms with van der Waals surface area (Å²) in [7, 11) is 0. The number of para-hydroxylation sites is 1. The van der Waals surface area contributed by atoms with Gasteiger partial charge in [-0.05, 0) is 43.2 Å². The van der Waals surface area contributed by atoms with Crippen molar-refractivity contribution in [2.75, 3.05) is 10.6 Å². The molecule has 27 heavy (non-hydrogen) atoms. The lowest BCUT2D eigenvalue weighted by Gasteiger charge is -2.23. The highest BCUT2D eigenvalue weighted by Crippen LogP contribution is 2.45. The van der Waals surface area contributed by atoms with Crippen molar-refractivity contribution < 1.29 is 0 Å². The first-order valence-electron chi connectivity index (χ1n) is 9.73. The Hall–Kier alpha value is -2.95. The zero-order chi connectivity index (χ0) is 18.1. The van der Waals surface area contributed by atoms with E-state index in [-0.39, 0.29) is 0 Å². The van der Waals surface area contributed by atoms with Crippen molar-refractivity contribution in [3.05, 3.63) is 60.7 Å². The Balaban J connectivity index is 1.46. The van der Waals surface area contributed by atoms with Gasteiger partial charge in [-0.1, -0.05) is 55.0 Å². The number of nitrogens with one attached hydrogen (secondary N) is 2. The minimum atomic E-state index is 0.486. The quantitative estimate of drug-likeness (QED) is 0.681. The molecule has 0 saturated heterocycles. The van der Waals surface area contributed by atoms with Crippen LogP contribution in [0.3, 0.4) is 0 Å². The second-order valence-corrected chi connectivity index (χ2v) is 7.59. The lowest BCUT2D eigenvalue weighted by Crippen LogP contribution is -2.27. The molecule has 136 valence electrons. The van der Waals surface area contributed by atoms with E-state index in [9.17, 15) is 0 Å². The summed E-state index contributed by atoms with van der Waals surface area (Å²) >= 11 is 0. The van der Waals surface area contributed by atoms with E-state index in [1.54, 1.807) is 0 Å². The number of fused-ring (bicyclic) bond motifs is 2. The van der Waals surface area contributed by atoms with Crippen molar-refractivity contribution in [1.29, 1.82) is 0 Å². The van der Waals surface area contributed by atoms with Crippen molar-refractivity contribution in [2.45, 2.75) is 31.7 Å². The van der Waals surface area contributed by atoms with Gasteiger partial charge in [-0.2, -0.15) is 15.0 Å². The molecule has 0 unspecified atom stereocenters. The third kappa shape index (κ3) is 3.50. The molecule has 2 bridgehead atoms. The number of nitrogens with zero attached hydrogens (tertiary/aromatic N) is 3. The van der Waals surface area contributed by atoms with Crippen molar-refractivity contribution in [1.82, 2.24) is 15.0 Å². The SMILES string of the molecule is c1ccc(Nc2nc(N[C@@H]3C[C@@H]4CC[C@H]3C4)nc(-c3ccccc3)n2)cc1. The fourth-order valence-electron chi connectivity index (χ4n) is 4.45. The van der Waals surface area contributed by atoms with E-state index in [0.717, 1.165) is 23.1 Å². The summed E-state index contributed by atoms with van der Waals surface area (Å²) in [4.78, 5) is 14.0. The molecule has 3 aromatic rings. The Bertz CT molecular complexity index is 913. The van der Waals surface area contributed by atoms with Crippen molar-refractivity contribution in [3.63, 3.8) is 0 Å². The Labute approximate surface area is 159 Å². The fraction of sp³-hybridized carbons (Fsp3) is 0.318. The first kappa shape index (κ1) is 16.2. The summed E-state index contributed by atoms with van der Waals surface area (Å²) in [6.45, 7) is 0. The van der Waals surface area contributed by atoms with Gasteiger partial charge in [-0.15, -0.1) is 0 Å². The topological polar surface area (TPSA) is 62.7 Å². The maximum absolute atomic E-state index is 4.72. The van der Waals surface area contributed by atoms with Gasteiger partial charge in [-0.3, -0.25) is 0 Å². The second-order valence-electron chi connectivity index (χ2n) is 7.59. The minimum absolute atomic E-state index is 0.486. The average Bonchev–Trinajstić information content (AvgIpc) is 3.32. The van der Waals surface area contributed by atoms with Crippen LogP contribution in [-0.4, -0.2) is 21.0 Å². The maximum atomic E-state index is 4.72. The summed E-state index contributed by atoms with van der Waals surface area (Å²) in [5.41, 5.74) is 1.96. The zero-order valence-corrected chi connectivity index (χ0v) is 15.2. The first-order valence-corrected chi connectivity index (χ1v) is 9.73. The molecular weight excluding hydrogens is 334 g/mol.